The van der Waals surface area contributed by atoms with E-state index in [1.807, 2.05) is 38.1 Å². The monoisotopic (exact) mass is 520 g/mol. The fourth-order valence-corrected chi connectivity index (χ4v) is 5.43. The number of carbonyl (C=O) groups excluding carboxylic acids is 2. The van der Waals surface area contributed by atoms with Crippen LogP contribution >= 0.6 is 46.1 Å². The van der Waals surface area contributed by atoms with E-state index in [0.29, 0.717) is 15.6 Å². The number of benzene rings is 2. The Labute approximate surface area is 210 Å². The van der Waals surface area contributed by atoms with Gasteiger partial charge in [0.15, 0.2) is 0 Å². The second kappa shape index (κ2) is 9.47. The first-order valence-electron chi connectivity index (χ1n) is 10.0. The molecule has 170 valence electrons. The van der Waals surface area contributed by atoms with Crippen LogP contribution in [0.3, 0.4) is 0 Å². The highest BCUT2D eigenvalue weighted by molar-refractivity contribution is 7.21. The molecule has 3 aromatic rings. The van der Waals surface area contributed by atoms with Gasteiger partial charge in [-0.05, 0) is 53.3 Å². The van der Waals surface area contributed by atoms with Crippen LogP contribution < -0.4 is 10.2 Å². The van der Waals surface area contributed by atoms with Gasteiger partial charge in [0.25, 0.3) is 5.91 Å². The van der Waals surface area contributed by atoms with Crippen LogP contribution in [0.4, 0.5) is 0 Å². The van der Waals surface area contributed by atoms with Gasteiger partial charge in [0.2, 0.25) is 0 Å². The van der Waals surface area contributed by atoms with Crippen molar-refractivity contribution >= 4 is 74.3 Å². The van der Waals surface area contributed by atoms with E-state index in [9.17, 15) is 9.59 Å². The number of nitrogens with zero attached hydrogens (tertiary/aromatic N) is 1. The molecule has 2 aromatic carbocycles. The molecule has 0 aliphatic heterocycles. The summed E-state index contributed by atoms with van der Waals surface area (Å²) in [6.45, 7) is 3.94. The van der Waals surface area contributed by atoms with E-state index in [2.05, 4.69) is 10.5 Å². The summed E-state index contributed by atoms with van der Waals surface area (Å²) in [5, 5.41) is 5.25. The number of hydrogen-bond acceptors (Lipinski definition) is 5. The quantitative estimate of drug-likeness (QED) is 0.168. The molecule has 1 fully saturated rings. The Bertz CT molecular complexity index is 1280. The highest BCUT2D eigenvalue weighted by Crippen LogP contribution is 2.60. The molecule has 0 saturated heterocycles. The van der Waals surface area contributed by atoms with Gasteiger partial charge in [-0.1, -0.05) is 66.8 Å². The number of allylic oxidation sites excluding steroid dienone is 1. The van der Waals surface area contributed by atoms with Gasteiger partial charge in [-0.2, -0.15) is 5.10 Å². The molecule has 5 nitrogen and oxygen atoms in total. The third kappa shape index (κ3) is 5.09. The summed E-state index contributed by atoms with van der Waals surface area (Å²) in [6.07, 6.45) is 3.17. The normalized spacial score (nSPS) is 18.8. The van der Waals surface area contributed by atoms with E-state index >= 15 is 0 Å². The summed E-state index contributed by atoms with van der Waals surface area (Å²) in [5.74, 6) is -0.650. The van der Waals surface area contributed by atoms with Crippen LogP contribution in [0.15, 0.2) is 64.2 Å². The Balaban J connectivity index is 1.35. The predicted molar refractivity (Wildman–Crippen MR) is 135 cm³/mol. The van der Waals surface area contributed by atoms with Crippen LogP contribution in [0.2, 0.25) is 5.02 Å². The summed E-state index contributed by atoms with van der Waals surface area (Å²) in [6, 6.07) is 14.3. The minimum atomic E-state index is -0.379. The zero-order chi connectivity index (χ0) is 23.8. The fraction of sp³-hybridized carbons (Fsp3) is 0.208. The van der Waals surface area contributed by atoms with Gasteiger partial charge in [-0.25, -0.2) is 5.43 Å². The zero-order valence-electron chi connectivity index (χ0n) is 17.6. The third-order valence-electron chi connectivity index (χ3n) is 5.69. The van der Waals surface area contributed by atoms with E-state index in [0.717, 1.165) is 15.6 Å². The van der Waals surface area contributed by atoms with E-state index in [-0.39, 0.29) is 33.6 Å². The van der Waals surface area contributed by atoms with E-state index < -0.39 is 0 Å². The van der Waals surface area contributed by atoms with Gasteiger partial charge in [0.05, 0.1) is 17.2 Å². The molecule has 4 rings (SSSR count). The first-order chi connectivity index (χ1) is 15.7. The van der Waals surface area contributed by atoms with Crippen LogP contribution in [-0.2, 0) is 4.79 Å². The minimum absolute atomic E-state index is 0.0561. The Morgan fingerprint density at radius 1 is 1.12 bits per heavy atom. The number of hydrogen-bond donors (Lipinski definition) is 1. The number of ether oxygens (including phenoxy) is 1. The molecular formula is C24H19Cl3N2O3S. The van der Waals surface area contributed by atoms with Crippen molar-refractivity contribution in [2.45, 2.75) is 13.8 Å². The molecular weight excluding hydrogens is 503 g/mol. The number of hydrazone groups is 1. The molecule has 1 saturated carbocycles. The van der Waals surface area contributed by atoms with Gasteiger partial charge in [0, 0.05) is 10.1 Å². The van der Waals surface area contributed by atoms with E-state index in [4.69, 9.17) is 39.5 Å². The lowest BCUT2D eigenvalue weighted by molar-refractivity contribution is -0.136. The number of amides is 1. The van der Waals surface area contributed by atoms with Crippen LogP contribution in [0, 0.1) is 17.3 Å². The van der Waals surface area contributed by atoms with Gasteiger partial charge in [0.1, 0.15) is 15.1 Å². The third-order valence-corrected chi connectivity index (χ3v) is 7.62. The van der Waals surface area contributed by atoms with Gasteiger partial charge in [-0.3, -0.25) is 9.59 Å². The highest BCUT2D eigenvalue weighted by Gasteiger charge is 2.61. The second-order valence-corrected chi connectivity index (χ2v) is 10.6. The molecule has 1 N–H and O–H groups in total. The summed E-state index contributed by atoms with van der Waals surface area (Å²) in [5.41, 5.74) is 2.96. The first-order valence-corrected chi connectivity index (χ1v) is 12.0. The van der Waals surface area contributed by atoms with Gasteiger partial charge in [-0.15, -0.1) is 11.3 Å². The Morgan fingerprint density at radius 2 is 1.82 bits per heavy atom. The second-order valence-electron chi connectivity index (χ2n) is 8.21. The van der Waals surface area contributed by atoms with Crippen molar-refractivity contribution in [1.82, 2.24) is 5.43 Å². The van der Waals surface area contributed by atoms with Crippen LogP contribution in [0.5, 0.6) is 5.75 Å². The standard InChI is InChI=1S/C24H19Cl3N2O3S/c1-24(2)16(11-18(25)26)19(24)23(31)32-14-9-7-13(8-10-14)12-28-29-22(30)21-20(27)15-5-3-4-6-17(15)33-21/h3-12,16,19H,1-2H3,(H,29,30)/b28-12+. The average Bonchev–Trinajstić information content (AvgIpc) is 3.13. The summed E-state index contributed by atoms with van der Waals surface area (Å²) >= 11 is 19.1. The van der Waals surface area contributed by atoms with Crippen molar-refractivity contribution in [1.29, 1.82) is 0 Å². The predicted octanol–water partition coefficient (Wildman–Crippen LogP) is 6.82. The molecule has 1 aromatic heterocycles. The van der Waals surface area contributed by atoms with Crippen LogP contribution in [-0.4, -0.2) is 18.1 Å². The Kier molecular flexibility index (Phi) is 6.82. The smallest absolute Gasteiger partial charge is 0.315 e. The van der Waals surface area contributed by atoms with Gasteiger partial charge < -0.3 is 4.74 Å². The molecule has 9 heteroatoms. The van der Waals surface area contributed by atoms with E-state index in [1.165, 1.54) is 17.6 Å². The lowest BCUT2D eigenvalue weighted by atomic mass is 10.1. The molecule has 2 unspecified atom stereocenters. The molecule has 1 aliphatic rings. The van der Waals surface area contributed by atoms with Crippen molar-refractivity contribution < 1.29 is 14.3 Å². The SMILES string of the molecule is CC1(C)C(C=C(Cl)Cl)C1C(=O)Oc1ccc(/C=N/NC(=O)c2sc3ccccc3c2Cl)cc1. The molecule has 2 atom stereocenters. The number of carbonyl (C=O) groups is 2. The molecule has 1 aliphatic carbocycles. The molecule has 1 heterocycles. The number of nitrogens with one attached hydrogen (secondary N) is 1. The summed E-state index contributed by atoms with van der Waals surface area (Å²) < 4.78 is 6.58. The number of thiophene rings is 1. The van der Waals surface area contributed by atoms with Crippen molar-refractivity contribution in [3.05, 3.63) is 74.6 Å². The molecule has 0 radical (unpaired) electrons. The molecule has 1 amide bonds. The lowest BCUT2D eigenvalue weighted by Crippen LogP contribution is -2.16. The maximum absolute atomic E-state index is 12.5. The molecule has 33 heavy (non-hydrogen) atoms. The lowest BCUT2D eigenvalue weighted by Gasteiger charge is -2.05. The maximum Gasteiger partial charge on any atom is 0.315 e. The molecule has 0 bridgehead atoms. The van der Waals surface area contributed by atoms with Crippen LogP contribution in [0.25, 0.3) is 10.1 Å². The number of esters is 1. The zero-order valence-corrected chi connectivity index (χ0v) is 20.7. The number of rotatable bonds is 6. The summed E-state index contributed by atoms with van der Waals surface area (Å²) in [7, 11) is 0. The van der Waals surface area contributed by atoms with Gasteiger partial charge >= 0.3 is 5.97 Å². The average molecular weight is 522 g/mol. The molecule has 0 spiro atoms. The summed E-state index contributed by atoms with van der Waals surface area (Å²) in [4.78, 5) is 25.4. The van der Waals surface area contributed by atoms with Crippen LogP contribution in [0.1, 0.15) is 29.1 Å². The fourth-order valence-electron chi connectivity index (χ4n) is 3.75. The Morgan fingerprint density at radius 3 is 2.48 bits per heavy atom. The maximum atomic E-state index is 12.5. The van der Waals surface area contributed by atoms with Crippen molar-refractivity contribution in [3.8, 4) is 5.75 Å². The largest absolute Gasteiger partial charge is 0.426 e. The topological polar surface area (TPSA) is 67.8 Å². The first kappa shape index (κ1) is 23.8. The minimum Gasteiger partial charge on any atom is -0.426 e. The highest BCUT2D eigenvalue weighted by atomic mass is 35.5. The number of fused-ring (bicyclic) bond motifs is 1. The Hall–Kier alpha value is -2.38. The van der Waals surface area contributed by atoms with E-state index in [1.54, 1.807) is 30.3 Å². The number of halogens is 3. The van der Waals surface area contributed by atoms with Crippen molar-refractivity contribution in [2.75, 3.05) is 0 Å². The van der Waals surface area contributed by atoms with Crippen molar-refractivity contribution in [3.63, 3.8) is 0 Å². The van der Waals surface area contributed by atoms with Crippen molar-refractivity contribution in [2.24, 2.45) is 22.4 Å².